The Kier molecular flexibility index (Phi) is 3.92. The number of methoxy groups -OCH3 is 1. The summed E-state index contributed by atoms with van der Waals surface area (Å²) in [5.41, 5.74) is 1.53. The van der Waals surface area contributed by atoms with E-state index in [1.165, 1.54) is 0 Å². The monoisotopic (exact) mass is 378 g/mol. The van der Waals surface area contributed by atoms with Crippen LogP contribution in [-0.4, -0.2) is 63.8 Å². The van der Waals surface area contributed by atoms with E-state index in [0.29, 0.717) is 29.4 Å². The van der Waals surface area contributed by atoms with Crippen molar-refractivity contribution < 1.29 is 9.53 Å². The zero-order valence-electron chi connectivity index (χ0n) is 15.9. The summed E-state index contributed by atoms with van der Waals surface area (Å²) in [6.07, 6.45) is 1.72. The second kappa shape index (κ2) is 6.47. The first-order valence-electron chi connectivity index (χ1n) is 9.47. The number of hydrogen-bond donors (Lipinski definition) is 0. The van der Waals surface area contributed by atoms with Crippen molar-refractivity contribution in [2.24, 2.45) is 18.9 Å². The molecular weight excluding hydrogens is 356 g/mol. The van der Waals surface area contributed by atoms with Crippen LogP contribution in [0.4, 0.5) is 5.95 Å². The van der Waals surface area contributed by atoms with Gasteiger partial charge in [-0.2, -0.15) is 10.1 Å². The fourth-order valence-corrected chi connectivity index (χ4v) is 4.44. The number of ether oxygens (including phenoxy) is 1. The third-order valence-corrected chi connectivity index (χ3v) is 5.84. The summed E-state index contributed by atoms with van der Waals surface area (Å²) in [5, 5.41) is 5.41. The fraction of sp³-hybridized carbons (Fsp3) is 0.400. The number of nitrogens with zero attached hydrogens (tertiary/aromatic N) is 6. The molecule has 2 saturated heterocycles. The van der Waals surface area contributed by atoms with Crippen molar-refractivity contribution in [2.45, 2.75) is 0 Å². The van der Waals surface area contributed by atoms with Crippen molar-refractivity contribution in [3.8, 4) is 5.88 Å². The van der Waals surface area contributed by atoms with Crippen LogP contribution in [0.15, 0.2) is 36.5 Å². The number of amides is 1. The Bertz CT molecular complexity index is 1030. The van der Waals surface area contributed by atoms with Crippen molar-refractivity contribution in [1.29, 1.82) is 0 Å². The number of rotatable bonds is 3. The van der Waals surface area contributed by atoms with Gasteiger partial charge in [0.2, 0.25) is 11.8 Å². The van der Waals surface area contributed by atoms with Crippen molar-refractivity contribution in [2.75, 3.05) is 38.2 Å². The maximum absolute atomic E-state index is 13.1. The van der Waals surface area contributed by atoms with E-state index >= 15 is 0 Å². The molecule has 0 radical (unpaired) electrons. The minimum absolute atomic E-state index is 0.0235. The van der Waals surface area contributed by atoms with Gasteiger partial charge in [-0.15, -0.1) is 0 Å². The zero-order chi connectivity index (χ0) is 19.3. The summed E-state index contributed by atoms with van der Waals surface area (Å²) in [6.45, 7) is 3.19. The van der Waals surface area contributed by atoms with Gasteiger partial charge in [0.25, 0.3) is 5.91 Å². The Morgan fingerprint density at radius 3 is 2.61 bits per heavy atom. The molecule has 0 saturated carbocycles. The third kappa shape index (κ3) is 2.67. The third-order valence-electron chi connectivity index (χ3n) is 5.84. The predicted molar refractivity (Wildman–Crippen MR) is 104 cm³/mol. The quantitative estimate of drug-likeness (QED) is 0.689. The van der Waals surface area contributed by atoms with E-state index in [0.717, 1.165) is 37.1 Å². The van der Waals surface area contributed by atoms with E-state index in [1.54, 1.807) is 24.1 Å². The largest absolute Gasteiger partial charge is 0.481 e. The molecular formula is C20H22N6O2. The predicted octanol–water partition coefficient (Wildman–Crippen LogP) is 1.58. The lowest BCUT2D eigenvalue weighted by Crippen LogP contribution is -2.34. The Morgan fingerprint density at radius 2 is 1.86 bits per heavy atom. The average molecular weight is 378 g/mol. The summed E-state index contributed by atoms with van der Waals surface area (Å²) < 4.78 is 6.98. The van der Waals surface area contributed by atoms with Crippen molar-refractivity contribution in [3.63, 3.8) is 0 Å². The number of para-hydroxylation sites is 1. The number of carbonyl (C=O) groups excluding carboxylic acids is 1. The van der Waals surface area contributed by atoms with Crippen LogP contribution in [-0.2, 0) is 7.05 Å². The van der Waals surface area contributed by atoms with Gasteiger partial charge in [0.15, 0.2) is 5.69 Å². The molecule has 3 aromatic rings. The van der Waals surface area contributed by atoms with Crippen LogP contribution in [0.5, 0.6) is 5.88 Å². The summed E-state index contributed by atoms with van der Waals surface area (Å²) in [6, 6.07) is 9.62. The first kappa shape index (κ1) is 17.0. The molecule has 0 aliphatic carbocycles. The molecule has 2 aliphatic heterocycles. The second-order valence-corrected chi connectivity index (χ2v) is 7.52. The number of anilines is 1. The summed E-state index contributed by atoms with van der Waals surface area (Å²) in [5.74, 6) is 2.14. The smallest absolute Gasteiger partial charge is 0.275 e. The molecule has 2 atom stereocenters. The minimum atomic E-state index is 0.0235. The van der Waals surface area contributed by atoms with Gasteiger partial charge in [0, 0.05) is 62.7 Å². The average Bonchev–Trinajstić information content (AvgIpc) is 3.39. The first-order chi connectivity index (χ1) is 13.6. The van der Waals surface area contributed by atoms with E-state index in [9.17, 15) is 4.79 Å². The van der Waals surface area contributed by atoms with Crippen LogP contribution in [0.2, 0.25) is 0 Å². The number of fused-ring (bicyclic) bond motifs is 2. The van der Waals surface area contributed by atoms with E-state index in [1.807, 2.05) is 36.2 Å². The summed E-state index contributed by atoms with van der Waals surface area (Å²) >= 11 is 0. The van der Waals surface area contributed by atoms with Gasteiger partial charge in [-0.3, -0.25) is 9.48 Å². The molecule has 28 heavy (non-hydrogen) atoms. The van der Waals surface area contributed by atoms with Gasteiger partial charge < -0.3 is 14.5 Å². The second-order valence-electron chi connectivity index (χ2n) is 7.52. The molecule has 2 aromatic heterocycles. The fourth-order valence-electron chi connectivity index (χ4n) is 4.44. The lowest BCUT2D eigenvalue weighted by molar-refractivity contribution is 0.0778. The first-order valence-corrected chi connectivity index (χ1v) is 9.47. The van der Waals surface area contributed by atoms with Crippen LogP contribution in [0, 0.1) is 11.8 Å². The molecule has 2 fully saturated rings. The van der Waals surface area contributed by atoms with Gasteiger partial charge in [-0.25, -0.2) is 4.98 Å². The molecule has 0 spiro atoms. The van der Waals surface area contributed by atoms with E-state index in [-0.39, 0.29) is 5.91 Å². The number of hydrogen-bond acceptors (Lipinski definition) is 6. The lowest BCUT2D eigenvalue weighted by Gasteiger charge is -2.21. The number of benzene rings is 1. The van der Waals surface area contributed by atoms with Crippen LogP contribution < -0.4 is 9.64 Å². The lowest BCUT2D eigenvalue weighted by atomic mass is 10.0. The molecule has 1 amide bonds. The van der Waals surface area contributed by atoms with Gasteiger partial charge >= 0.3 is 0 Å². The minimum Gasteiger partial charge on any atom is -0.481 e. The normalized spacial score (nSPS) is 21.4. The highest BCUT2D eigenvalue weighted by atomic mass is 16.5. The Labute approximate surface area is 162 Å². The standard InChI is InChI=1S/C20H22N6O2/c1-24-16-6-4-3-5-15(16)18(23-24)19(27)25-9-13-11-26(12-14(13)10-25)20-21-8-7-17(22-20)28-2/h3-8,13-14H,9-12H2,1-2H3. The summed E-state index contributed by atoms with van der Waals surface area (Å²) in [7, 11) is 3.49. The van der Waals surface area contributed by atoms with Crippen LogP contribution >= 0.6 is 0 Å². The Balaban J connectivity index is 1.32. The number of likely N-dealkylation sites (tertiary alicyclic amines) is 1. The van der Waals surface area contributed by atoms with Crippen molar-refractivity contribution in [1.82, 2.24) is 24.6 Å². The molecule has 8 heteroatoms. The maximum Gasteiger partial charge on any atom is 0.275 e. The van der Waals surface area contributed by atoms with E-state index in [4.69, 9.17) is 4.74 Å². The molecule has 2 aliphatic rings. The van der Waals surface area contributed by atoms with Gasteiger partial charge in [0.1, 0.15) is 0 Å². The molecule has 4 heterocycles. The molecule has 8 nitrogen and oxygen atoms in total. The van der Waals surface area contributed by atoms with Crippen LogP contribution in [0.25, 0.3) is 10.9 Å². The number of carbonyl (C=O) groups is 1. The summed E-state index contributed by atoms with van der Waals surface area (Å²) in [4.78, 5) is 26.1. The molecule has 2 unspecified atom stereocenters. The zero-order valence-corrected chi connectivity index (χ0v) is 15.9. The SMILES string of the molecule is COc1ccnc(N2CC3CN(C(=O)c4nn(C)c5ccccc45)CC3C2)n1. The Morgan fingerprint density at radius 1 is 1.11 bits per heavy atom. The molecule has 5 rings (SSSR count). The Hall–Kier alpha value is -3.16. The topological polar surface area (TPSA) is 76.4 Å². The van der Waals surface area contributed by atoms with Crippen molar-refractivity contribution >= 4 is 22.8 Å². The number of aryl methyl sites for hydroxylation is 1. The number of aromatic nitrogens is 4. The highest BCUT2D eigenvalue weighted by Crippen LogP contribution is 2.34. The van der Waals surface area contributed by atoms with E-state index in [2.05, 4.69) is 20.0 Å². The van der Waals surface area contributed by atoms with E-state index < -0.39 is 0 Å². The van der Waals surface area contributed by atoms with Gasteiger partial charge in [-0.1, -0.05) is 18.2 Å². The molecule has 144 valence electrons. The molecule has 0 bridgehead atoms. The molecule has 0 N–H and O–H groups in total. The van der Waals surface area contributed by atoms with Crippen LogP contribution in [0.1, 0.15) is 10.5 Å². The van der Waals surface area contributed by atoms with Crippen molar-refractivity contribution in [3.05, 3.63) is 42.2 Å². The van der Waals surface area contributed by atoms with Gasteiger partial charge in [0.05, 0.1) is 12.6 Å². The van der Waals surface area contributed by atoms with Gasteiger partial charge in [-0.05, 0) is 6.07 Å². The maximum atomic E-state index is 13.1. The highest BCUT2D eigenvalue weighted by molar-refractivity contribution is 6.05. The van der Waals surface area contributed by atoms with Crippen LogP contribution in [0.3, 0.4) is 0 Å². The highest BCUT2D eigenvalue weighted by Gasteiger charge is 2.43. The molecule has 1 aromatic carbocycles.